The Morgan fingerprint density at radius 2 is 1.78 bits per heavy atom. The molecule has 1 amide bonds. The van der Waals surface area contributed by atoms with Crippen molar-refractivity contribution in [1.82, 2.24) is 4.90 Å². The second-order valence-electron chi connectivity index (χ2n) is 8.29. The normalized spacial score (nSPS) is 36.3. The Bertz CT molecular complexity index is 469. The molecule has 3 aliphatic rings. The van der Waals surface area contributed by atoms with E-state index in [0.29, 0.717) is 11.9 Å². The monoisotopic (exact) mass is 319 g/mol. The number of carbonyl (C=O) groups is 1. The molecule has 2 unspecified atom stereocenters. The molecule has 2 N–H and O–H groups in total. The molecule has 4 heteroatoms. The minimum Gasteiger partial charge on any atom is -0.369 e. The first-order chi connectivity index (χ1) is 11.0. The van der Waals surface area contributed by atoms with Crippen LogP contribution in [0, 0.1) is 11.8 Å². The molecule has 1 heterocycles. The maximum absolute atomic E-state index is 13.1. The van der Waals surface area contributed by atoms with Gasteiger partial charge in [0.05, 0.1) is 0 Å². The molecule has 0 radical (unpaired) electrons. The first-order valence-electron chi connectivity index (χ1n) is 9.70. The number of amides is 1. The van der Waals surface area contributed by atoms with Gasteiger partial charge in [-0.3, -0.25) is 9.69 Å². The summed E-state index contributed by atoms with van der Waals surface area (Å²) in [5.74, 6) is 1.94. The SMILES string of the molecule is CC1CCCCC1N1C(=O)[C@](C)(CCC2CCCCC2)N=C1N. The number of guanidine groups is 1. The zero-order chi connectivity index (χ0) is 16.4. The zero-order valence-corrected chi connectivity index (χ0v) is 14.9. The summed E-state index contributed by atoms with van der Waals surface area (Å²) in [4.78, 5) is 19.6. The van der Waals surface area contributed by atoms with Crippen molar-refractivity contribution in [3.8, 4) is 0 Å². The van der Waals surface area contributed by atoms with Gasteiger partial charge in [-0.1, -0.05) is 51.9 Å². The summed E-state index contributed by atoms with van der Waals surface area (Å²) in [7, 11) is 0. The van der Waals surface area contributed by atoms with E-state index in [1.165, 1.54) is 51.4 Å². The standard InChI is InChI=1S/C19H33N3O/c1-14-8-6-7-11-16(14)22-17(23)19(2,21-18(22)20)13-12-15-9-4-3-5-10-15/h14-16H,3-13H2,1-2H3,(H2,20,21)/t14?,16?,19-/m0/s1. The molecule has 0 saturated heterocycles. The summed E-state index contributed by atoms with van der Waals surface area (Å²) in [5, 5.41) is 0. The molecule has 0 bridgehead atoms. The van der Waals surface area contributed by atoms with Crippen LogP contribution in [0.1, 0.15) is 84.5 Å². The van der Waals surface area contributed by atoms with Gasteiger partial charge in [-0.2, -0.15) is 0 Å². The van der Waals surface area contributed by atoms with E-state index in [0.717, 1.165) is 25.2 Å². The van der Waals surface area contributed by atoms with E-state index in [4.69, 9.17) is 5.73 Å². The summed E-state index contributed by atoms with van der Waals surface area (Å²) in [6, 6.07) is 0.261. The third kappa shape index (κ3) is 3.41. The van der Waals surface area contributed by atoms with Crippen LogP contribution in [0.5, 0.6) is 0 Å². The molecule has 0 aromatic heterocycles. The zero-order valence-electron chi connectivity index (χ0n) is 14.9. The van der Waals surface area contributed by atoms with E-state index in [1.54, 1.807) is 0 Å². The second-order valence-corrected chi connectivity index (χ2v) is 8.29. The first kappa shape index (κ1) is 16.8. The molecule has 4 nitrogen and oxygen atoms in total. The van der Waals surface area contributed by atoms with Crippen LogP contribution in [0.25, 0.3) is 0 Å². The van der Waals surface area contributed by atoms with Crippen molar-refractivity contribution in [2.45, 2.75) is 96.1 Å². The lowest BCUT2D eigenvalue weighted by Gasteiger charge is -2.36. The quantitative estimate of drug-likeness (QED) is 0.856. The fourth-order valence-corrected chi connectivity index (χ4v) is 4.84. The summed E-state index contributed by atoms with van der Waals surface area (Å²) in [6.07, 6.45) is 13.5. The molecule has 0 spiro atoms. The Balaban J connectivity index is 1.65. The van der Waals surface area contributed by atoms with E-state index in [9.17, 15) is 4.79 Å². The van der Waals surface area contributed by atoms with Crippen LogP contribution in [-0.2, 0) is 4.79 Å². The van der Waals surface area contributed by atoms with Crippen molar-refractivity contribution in [3.05, 3.63) is 0 Å². The fraction of sp³-hybridized carbons (Fsp3) is 0.895. The van der Waals surface area contributed by atoms with E-state index in [-0.39, 0.29) is 11.9 Å². The number of aliphatic imine (C=N–C) groups is 1. The van der Waals surface area contributed by atoms with E-state index in [2.05, 4.69) is 11.9 Å². The Kier molecular flexibility index (Phi) is 4.98. The summed E-state index contributed by atoms with van der Waals surface area (Å²) >= 11 is 0. The molecule has 2 fully saturated rings. The minimum atomic E-state index is -0.612. The molecule has 130 valence electrons. The van der Waals surface area contributed by atoms with Crippen LogP contribution in [0.3, 0.4) is 0 Å². The minimum absolute atomic E-state index is 0.157. The van der Waals surface area contributed by atoms with Gasteiger partial charge in [-0.25, -0.2) is 4.99 Å². The Morgan fingerprint density at radius 3 is 2.48 bits per heavy atom. The molecule has 3 rings (SSSR count). The van der Waals surface area contributed by atoms with Crippen LogP contribution in [-0.4, -0.2) is 28.3 Å². The molecular formula is C19H33N3O. The molecular weight excluding hydrogens is 286 g/mol. The summed E-state index contributed by atoms with van der Waals surface area (Å²) in [5.41, 5.74) is 5.59. The van der Waals surface area contributed by atoms with Gasteiger partial charge in [0.2, 0.25) is 0 Å². The largest absolute Gasteiger partial charge is 0.369 e. The summed E-state index contributed by atoms with van der Waals surface area (Å²) < 4.78 is 0. The molecule has 3 atom stereocenters. The molecule has 23 heavy (non-hydrogen) atoms. The number of carbonyl (C=O) groups excluding carboxylic acids is 1. The molecule has 1 aliphatic heterocycles. The highest BCUT2D eigenvalue weighted by molar-refractivity contribution is 6.06. The highest BCUT2D eigenvalue weighted by atomic mass is 16.2. The predicted octanol–water partition coefficient (Wildman–Crippen LogP) is 3.84. The molecule has 2 aliphatic carbocycles. The van der Waals surface area contributed by atoms with Crippen LogP contribution in [0.2, 0.25) is 0 Å². The maximum atomic E-state index is 13.1. The Morgan fingerprint density at radius 1 is 1.13 bits per heavy atom. The molecule has 0 aromatic carbocycles. The van der Waals surface area contributed by atoms with Crippen LogP contribution >= 0.6 is 0 Å². The van der Waals surface area contributed by atoms with Gasteiger partial charge in [0.1, 0.15) is 5.54 Å². The lowest BCUT2D eigenvalue weighted by atomic mass is 9.81. The predicted molar refractivity (Wildman–Crippen MR) is 94.1 cm³/mol. The fourth-order valence-electron chi connectivity index (χ4n) is 4.84. The van der Waals surface area contributed by atoms with Crippen molar-refractivity contribution in [3.63, 3.8) is 0 Å². The molecule has 2 saturated carbocycles. The topological polar surface area (TPSA) is 58.7 Å². The van der Waals surface area contributed by atoms with Gasteiger partial charge in [0, 0.05) is 6.04 Å². The number of hydrogen-bond acceptors (Lipinski definition) is 3. The number of rotatable bonds is 4. The van der Waals surface area contributed by atoms with Crippen LogP contribution in [0.4, 0.5) is 0 Å². The highest BCUT2D eigenvalue weighted by Gasteiger charge is 2.47. The number of nitrogens with zero attached hydrogens (tertiary/aromatic N) is 2. The van der Waals surface area contributed by atoms with E-state index < -0.39 is 5.54 Å². The van der Waals surface area contributed by atoms with Crippen LogP contribution < -0.4 is 5.73 Å². The highest BCUT2D eigenvalue weighted by Crippen LogP contribution is 2.37. The van der Waals surface area contributed by atoms with Crippen molar-refractivity contribution in [1.29, 1.82) is 0 Å². The smallest absolute Gasteiger partial charge is 0.257 e. The van der Waals surface area contributed by atoms with Crippen molar-refractivity contribution >= 4 is 11.9 Å². The lowest BCUT2D eigenvalue weighted by molar-refractivity contribution is -0.133. The third-order valence-corrected chi connectivity index (χ3v) is 6.45. The Hall–Kier alpha value is -1.06. The lowest BCUT2D eigenvalue weighted by Crippen LogP contribution is -2.51. The Labute approximate surface area is 140 Å². The average Bonchev–Trinajstić information content (AvgIpc) is 2.77. The second kappa shape index (κ2) is 6.82. The molecule has 0 aromatic rings. The van der Waals surface area contributed by atoms with Crippen molar-refractivity contribution in [2.24, 2.45) is 22.6 Å². The number of hydrogen-bond donors (Lipinski definition) is 1. The van der Waals surface area contributed by atoms with E-state index >= 15 is 0 Å². The van der Waals surface area contributed by atoms with Gasteiger partial charge in [0.15, 0.2) is 5.96 Å². The van der Waals surface area contributed by atoms with E-state index in [1.807, 2.05) is 11.8 Å². The van der Waals surface area contributed by atoms with Crippen molar-refractivity contribution < 1.29 is 4.79 Å². The maximum Gasteiger partial charge on any atom is 0.257 e. The average molecular weight is 319 g/mol. The summed E-state index contributed by atoms with van der Waals surface area (Å²) in [6.45, 7) is 4.25. The van der Waals surface area contributed by atoms with Gasteiger partial charge in [0.25, 0.3) is 5.91 Å². The van der Waals surface area contributed by atoms with Gasteiger partial charge in [-0.15, -0.1) is 0 Å². The first-order valence-corrected chi connectivity index (χ1v) is 9.70. The third-order valence-electron chi connectivity index (χ3n) is 6.45. The van der Waals surface area contributed by atoms with Gasteiger partial charge < -0.3 is 5.73 Å². The number of nitrogens with two attached hydrogens (primary N) is 1. The van der Waals surface area contributed by atoms with Gasteiger partial charge >= 0.3 is 0 Å². The van der Waals surface area contributed by atoms with Gasteiger partial charge in [-0.05, 0) is 44.4 Å². The van der Waals surface area contributed by atoms with Crippen molar-refractivity contribution in [2.75, 3.05) is 0 Å². The van der Waals surface area contributed by atoms with Crippen LogP contribution in [0.15, 0.2) is 4.99 Å².